The first kappa shape index (κ1) is 15.7. The summed E-state index contributed by atoms with van der Waals surface area (Å²) in [5.41, 5.74) is 2.79. The van der Waals surface area contributed by atoms with Crippen molar-refractivity contribution in [1.82, 2.24) is 0 Å². The van der Waals surface area contributed by atoms with E-state index in [0.29, 0.717) is 11.3 Å². The zero-order chi connectivity index (χ0) is 15.7. The summed E-state index contributed by atoms with van der Waals surface area (Å²) in [7, 11) is 1.51. The molecule has 2 nitrogen and oxygen atoms in total. The summed E-state index contributed by atoms with van der Waals surface area (Å²) in [6, 6.07) is 6.49. The van der Waals surface area contributed by atoms with E-state index < -0.39 is 5.82 Å². The van der Waals surface area contributed by atoms with Gasteiger partial charge in [0, 0.05) is 4.47 Å². The van der Waals surface area contributed by atoms with E-state index >= 15 is 0 Å². The molecule has 0 radical (unpaired) electrons. The molecule has 0 aromatic heterocycles. The molecule has 0 amide bonds. The minimum atomic E-state index is -0.515. The largest absolute Gasteiger partial charge is 0.496 e. The van der Waals surface area contributed by atoms with E-state index in [-0.39, 0.29) is 11.3 Å². The molecule has 0 saturated heterocycles. The molecule has 0 fully saturated rings. The Morgan fingerprint density at radius 2 is 1.86 bits per heavy atom. The lowest BCUT2D eigenvalue weighted by atomic mass is 9.95. The van der Waals surface area contributed by atoms with Crippen LogP contribution in [-0.4, -0.2) is 12.9 Å². The highest BCUT2D eigenvalue weighted by atomic mass is 79.9. The summed E-state index contributed by atoms with van der Waals surface area (Å²) in [6.07, 6.45) is 0. The molecule has 2 rings (SSSR count). The summed E-state index contributed by atoms with van der Waals surface area (Å²) in [6.45, 7) is 5.45. The molecule has 0 atom stereocenters. The number of methoxy groups -OCH3 is 1. The van der Waals surface area contributed by atoms with Gasteiger partial charge in [-0.15, -0.1) is 0 Å². The zero-order valence-corrected chi connectivity index (χ0v) is 14.0. The van der Waals surface area contributed by atoms with Crippen LogP contribution in [0, 0.1) is 26.6 Å². The first-order valence-corrected chi connectivity index (χ1v) is 7.30. The first-order valence-electron chi connectivity index (χ1n) is 6.51. The third-order valence-corrected chi connectivity index (χ3v) is 4.29. The highest BCUT2D eigenvalue weighted by Gasteiger charge is 2.23. The maximum atomic E-state index is 14.1. The van der Waals surface area contributed by atoms with E-state index in [4.69, 9.17) is 4.74 Å². The quantitative estimate of drug-likeness (QED) is 0.746. The molecule has 0 bridgehead atoms. The number of ketones is 1. The van der Waals surface area contributed by atoms with Crippen LogP contribution < -0.4 is 4.74 Å². The Morgan fingerprint density at radius 3 is 2.43 bits per heavy atom. The molecule has 0 aliphatic carbocycles. The Bertz CT molecular complexity index is 723. The molecule has 2 aromatic carbocycles. The van der Waals surface area contributed by atoms with Crippen molar-refractivity contribution in [1.29, 1.82) is 0 Å². The fraction of sp³-hybridized carbons (Fsp3) is 0.235. The lowest BCUT2D eigenvalue weighted by molar-refractivity contribution is 0.103. The van der Waals surface area contributed by atoms with Crippen molar-refractivity contribution in [3.05, 3.63) is 62.4 Å². The standard InChI is InChI=1S/C17H16BrFO2/c1-9-5-6-12(14(19)7-9)16(20)15-11(3)13(18)8-10(2)17(15)21-4/h5-8H,1-4H3. The predicted octanol–water partition coefficient (Wildman–Crippen LogP) is 4.75. The molecule has 2 aromatic rings. The number of aryl methyl sites for hydroxylation is 2. The predicted molar refractivity (Wildman–Crippen MR) is 84.7 cm³/mol. The number of ether oxygens (including phenoxy) is 1. The molecular weight excluding hydrogens is 335 g/mol. The summed E-state index contributed by atoms with van der Waals surface area (Å²) in [5, 5.41) is 0. The van der Waals surface area contributed by atoms with Gasteiger partial charge in [0.15, 0.2) is 5.78 Å². The van der Waals surface area contributed by atoms with Crippen molar-refractivity contribution in [2.75, 3.05) is 7.11 Å². The van der Waals surface area contributed by atoms with Gasteiger partial charge in [-0.25, -0.2) is 4.39 Å². The number of rotatable bonds is 3. The summed E-state index contributed by atoms with van der Waals surface area (Å²) in [5.74, 6) is -0.397. The van der Waals surface area contributed by atoms with Crippen LogP contribution in [0.4, 0.5) is 4.39 Å². The number of hydrogen-bond acceptors (Lipinski definition) is 2. The third kappa shape index (κ3) is 2.86. The van der Waals surface area contributed by atoms with E-state index in [1.807, 2.05) is 19.9 Å². The number of carbonyl (C=O) groups is 1. The van der Waals surface area contributed by atoms with Gasteiger partial charge in [0.1, 0.15) is 11.6 Å². The van der Waals surface area contributed by atoms with Gasteiger partial charge in [0.2, 0.25) is 0 Å². The van der Waals surface area contributed by atoms with E-state index in [2.05, 4.69) is 15.9 Å². The smallest absolute Gasteiger partial charge is 0.200 e. The Hall–Kier alpha value is -1.68. The topological polar surface area (TPSA) is 26.3 Å². The second-order valence-corrected chi connectivity index (χ2v) is 5.88. The van der Waals surface area contributed by atoms with Crippen LogP contribution in [-0.2, 0) is 0 Å². The molecule has 21 heavy (non-hydrogen) atoms. The van der Waals surface area contributed by atoms with Crippen LogP contribution >= 0.6 is 15.9 Å². The van der Waals surface area contributed by atoms with Crippen molar-refractivity contribution in [3.8, 4) is 5.75 Å². The second-order valence-electron chi connectivity index (χ2n) is 5.02. The highest BCUT2D eigenvalue weighted by molar-refractivity contribution is 9.10. The van der Waals surface area contributed by atoms with Crippen molar-refractivity contribution in [3.63, 3.8) is 0 Å². The normalized spacial score (nSPS) is 10.6. The summed E-state index contributed by atoms with van der Waals surface area (Å²) < 4.78 is 20.2. The van der Waals surface area contributed by atoms with Crippen LogP contribution in [0.1, 0.15) is 32.6 Å². The molecular formula is C17H16BrFO2. The SMILES string of the molecule is COc1c(C)cc(Br)c(C)c1C(=O)c1ccc(C)cc1F. The summed E-state index contributed by atoms with van der Waals surface area (Å²) >= 11 is 3.43. The average molecular weight is 351 g/mol. The van der Waals surface area contributed by atoms with Crippen LogP contribution in [0.2, 0.25) is 0 Å². The molecule has 0 aliphatic rings. The number of halogens is 2. The molecule has 0 N–H and O–H groups in total. The Kier molecular flexibility index (Phi) is 4.47. The molecule has 0 saturated carbocycles. The second kappa shape index (κ2) is 5.98. The minimum absolute atomic E-state index is 0.0551. The van der Waals surface area contributed by atoms with Gasteiger partial charge in [-0.1, -0.05) is 22.0 Å². The van der Waals surface area contributed by atoms with E-state index in [1.54, 1.807) is 13.0 Å². The van der Waals surface area contributed by atoms with Gasteiger partial charge < -0.3 is 4.74 Å². The van der Waals surface area contributed by atoms with Gasteiger partial charge >= 0.3 is 0 Å². The van der Waals surface area contributed by atoms with Crippen LogP contribution in [0.5, 0.6) is 5.75 Å². The Morgan fingerprint density at radius 1 is 1.19 bits per heavy atom. The van der Waals surface area contributed by atoms with Gasteiger partial charge in [-0.05, 0) is 55.7 Å². The van der Waals surface area contributed by atoms with Crippen molar-refractivity contribution >= 4 is 21.7 Å². The average Bonchev–Trinajstić information content (AvgIpc) is 2.41. The van der Waals surface area contributed by atoms with E-state index in [1.165, 1.54) is 19.2 Å². The molecule has 0 heterocycles. The Balaban J connectivity index is 2.68. The molecule has 0 unspecified atom stereocenters. The van der Waals surface area contributed by atoms with Crippen molar-refractivity contribution in [2.24, 2.45) is 0 Å². The monoisotopic (exact) mass is 350 g/mol. The fourth-order valence-corrected chi connectivity index (χ4v) is 2.87. The molecule has 0 aliphatic heterocycles. The van der Waals surface area contributed by atoms with Gasteiger partial charge in [-0.3, -0.25) is 4.79 Å². The van der Waals surface area contributed by atoms with Crippen molar-refractivity contribution in [2.45, 2.75) is 20.8 Å². The van der Waals surface area contributed by atoms with Crippen LogP contribution in [0.3, 0.4) is 0 Å². The number of carbonyl (C=O) groups excluding carboxylic acids is 1. The maximum Gasteiger partial charge on any atom is 0.200 e. The first-order chi connectivity index (χ1) is 9.86. The van der Waals surface area contributed by atoms with Crippen LogP contribution in [0.15, 0.2) is 28.7 Å². The van der Waals surface area contributed by atoms with Crippen LogP contribution in [0.25, 0.3) is 0 Å². The van der Waals surface area contributed by atoms with Gasteiger partial charge in [0.25, 0.3) is 0 Å². The van der Waals surface area contributed by atoms with E-state index in [0.717, 1.165) is 21.2 Å². The van der Waals surface area contributed by atoms with E-state index in [9.17, 15) is 9.18 Å². The molecule has 0 spiro atoms. The number of hydrogen-bond donors (Lipinski definition) is 0. The van der Waals surface area contributed by atoms with Gasteiger partial charge in [0.05, 0.1) is 18.2 Å². The fourth-order valence-electron chi connectivity index (χ4n) is 2.33. The minimum Gasteiger partial charge on any atom is -0.496 e. The van der Waals surface area contributed by atoms with Gasteiger partial charge in [-0.2, -0.15) is 0 Å². The molecule has 4 heteroatoms. The maximum absolute atomic E-state index is 14.1. The lowest BCUT2D eigenvalue weighted by Gasteiger charge is -2.15. The molecule has 110 valence electrons. The number of benzene rings is 2. The lowest BCUT2D eigenvalue weighted by Crippen LogP contribution is -2.10. The Labute approximate surface area is 132 Å². The summed E-state index contributed by atoms with van der Waals surface area (Å²) in [4.78, 5) is 12.7. The zero-order valence-electron chi connectivity index (χ0n) is 12.4. The van der Waals surface area contributed by atoms with Crippen molar-refractivity contribution < 1.29 is 13.9 Å². The highest BCUT2D eigenvalue weighted by Crippen LogP contribution is 2.34. The third-order valence-electron chi connectivity index (χ3n) is 3.46.